The SMILES string of the molecule is CC(C)(C)OC(=O)C1CC(=O)N(N)C1. The summed E-state index contributed by atoms with van der Waals surface area (Å²) >= 11 is 0. The second-order valence-electron chi connectivity index (χ2n) is 4.48. The van der Waals surface area contributed by atoms with Crippen LogP contribution in [0.15, 0.2) is 0 Å². The minimum absolute atomic E-state index is 0.158. The van der Waals surface area contributed by atoms with Crippen molar-refractivity contribution in [2.24, 2.45) is 11.8 Å². The Labute approximate surface area is 83.2 Å². The quantitative estimate of drug-likeness (QED) is 0.369. The van der Waals surface area contributed by atoms with E-state index in [2.05, 4.69) is 0 Å². The fraction of sp³-hybridized carbons (Fsp3) is 0.778. The number of nitrogens with two attached hydrogens (primary N) is 1. The van der Waals surface area contributed by atoms with Crippen molar-refractivity contribution in [3.63, 3.8) is 0 Å². The molecule has 0 bridgehead atoms. The molecule has 1 aliphatic heterocycles. The summed E-state index contributed by atoms with van der Waals surface area (Å²) in [4.78, 5) is 22.5. The highest BCUT2D eigenvalue weighted by Crippen LogP contribution is 2.19. The third-order valence-corrected chi connectivity index (χ3v) is 1.90. The molecular formula is C9H16N2O3. The zero-order valence-electron chi connectivity index (χ0n) is 8.74. The lowest BCUT2D eigenvalue weighted by Crippen LogP contribution is -2.34. The zero-order chi connectivity index (χ0) is 10.9. The second-order valence-corrected chi connectivity index (χ2v) is 4.48. The van der Waals surface area contributed by atoms with E-state index < -0.39 is 11.5 Å². The molecule has 5 nitrogen and oxygen atoms in total. The molecule has 0 saturated carbocycles. The molecule has 1 rings (SSSR count). The van der Waals surface area contributed by atoms with Crippen LogP contribution in [0.2, 0.25) is 0 Å². The van der Waals surface area contributed by atoms with Crippen molar-refractivity contribution in [3.8, 4) is 0 Å². The van der Waals surface area contributed by atoms with Gasteiger partial charge in [0.1, 0.15) is 5.60 Å². The summed E-state index contributed by atoms with van der Waals surface area (Å²) in [5, 5.41) is 1.06. The van der Waals surface area contributed by atoms with Gasteiger partial charge in [-0.15, -0.1) is 0 Å². The van der Waals surface area contributed by atoms with Crippen LogP contribution in [0.4, 0.5) is 0 Å². The largest absolute Gasteiger partial charge is 0.460 e. The van der Waals surface area contributed by atoms with Crippen LogP contribution < -0.4 is 5.84 Å². The Morgan fingerprint density at radius 2 is 2.14 bits per heavy atom. The molecule has 14 heavy (non-hydrogen) atoms. The minimum atomic E-state index is -0.512. The molecule has 0 aromatic rings. The summed E-state index contributed by atoms with van der Waals surface area (Å²) in [6, 6.07) is 0. The number of hydrazine groups is 1. The number of carbonyl (C=O) groups excluding carboxylic acids is 2. The third kappa shape index (κ3) is 2.70. The van der Waals surface area contributed by atoms with Gasteiger partial charge >= 0.3 is 5.97 Å². The maximum atomic E-state index is 11.5. The molecular weight excluding hydrogens is 184 g/mol. The van der Waals surface area contributed by atoms with E-state index in [0.29, 0.717) is 0 Å². The predicted octanol–water partition coefficient (Wildman–Crippen LogP) is 0.0503. The molecule has 0 aliphatic carbocycles. The van der Waals surface area contributed by atoms with Crippen LogP contribution in [0.25, 0.3) is 0 Å². The molecule has 1 fully saturated rings. The number of carbonyl (C=O) groups is 2. The van der Waals surface area contributed by atoms with Crippen LogP contribution in [-0.4, -0.2) is 29.0 Å². The fourth-order valence-electron chi connectivity index (χ4n) is 1.27. The van der Waals surface area contributed by atoms with Crippen LogP contribution in [0.1, 0.15) is 27.2 Å². The van der Waals surface area contributed by atoms with Crippen molar-refractivity contribution < 1.29 is 14.3 Å². The highest BCUT2D eigenvalue weighted by molar-refractivity contribution is 5.86. The highest BCUT2D eigenvalue weighted by Gasteiger charge is 2.35. The number of rotatable bonds is 1. The molecule has 0 radical (unpaired) electrons. The monoisotopic (exact) mass is 200 g/mol. The lowest BCUT2D eigenvalue weighted by atomic mass is 10.1. The molecule has 1 saturated heterocycles. The fourth-order valence-corrected chi connectivity index (χ4v) is 1.27. The first-order valence-corrected chi connectivity index (χ1v) is 4.57. The maximum absolute atomic E-state index is 11.5. The van der Waals surface area contributed by atoms with Crippen LogP contribution in [0.5, 0.6) is 0 Å². The van der Waals surface area contributed by atoms with E-state index in [0.717, 1.165) is 5.01 Å². The van der Waals surface area contributed by atoms with Crippen molar-refractivity contribution in [3.05, 3.63) is 0 Å². The van der Waals surface area contributed by atoms with Crippen LogP contribution >= 0.6 is 0 Å². The summed E-state index contributed by atoms with van der Waals surface area (Å²) in [6.07, 6.45) is 0.158. The summed E-state index contributed by atoms with van der Waals surface area (Å²) in [5.41, 5.74) is -0.512. The number of hydrogen-bond donors (Lipinski definition) is 1. The van der Waals surface area contributed by atoms with Gasteiger partial charge in [-0.05, 0) is 20.8 Å². The van der Waals surface area contributed by atoms with Gasteiger partial charge in [-0.25, -0.2) is 5.84 Å². The van der Waals surface area contributed by atoms with Crippen molar-refractivity contribution in [2.45, 2.75) is 32.8 Å². The van der Waals surface area contributed by atoms with Gasteiger partial charge in [-0.1, -0.05) is 0 Å². The van der Waals surface area contributed by atoms with Crippen molar-refractivity contribution >= 4 is 11.9 Å². The lowest BCUT2D eigenvalue weighted by molar-refractivity contribution is -0.159. The van der Waals surface area contributed by atoms with Crippen molar-refractivity contribution in [2.75, 3.05) is 6.54 Å². The molecule has 5 heteroatoms. The van der Waals surface area contributed by atoms with Gasteiger partial charge in [0.05, 0.1) is 12.5 Å². The number of esters is 1. The normalized spacial score (nSPS) is 22.7. The van der Waals surface area contributed by atoms with E-state index in [1.165, 1.54) is 0 Å². The van der Waals surface area contributed by atoms with E-state index in [1.807, 2.05) is 0 Å². The Kier molecular flexibility index (Phi) is 2.80. The van der Waals surface area contributed by atoms with Gasteiger partial charge in [-0.3, -0.25) is 14.6 Å². The van der Waals surface area contributed by atoms with Gasteiger partial charge < -0.3 is 4.74 Å². The van der Waals surface area contributed by atoms with E-state index >= 15 is 0 Å². The topological polar surface area (TPSA) is 72.6 Å². The molecule has 0 spiro atoms. The molecule has 80 valence electrons. The van der Waals surface area contributed by atoms with E-state index in [-0.39, 0.29) is 24.8 Å². The van der Waals surface area contributed by atoms with Gasteiger partial charge in [0.15, 0.2) is 0 Å². The zero-order valence-corrected chi connectivity index (χ0v) is 8.74. The number of nitrogens with zero attached hydrogens (tertiary/aromatic N) is 1. The summed E-state index contributed by atoms with van der Waals surface area (Å²) in [6.45, 7) is 5.64. The summed E-state index contributed by atoms with van der Waals surface area (Å²) in [5.74, 6) is 4.38. The van der Waals surface area contributed by atoms with E-state index in [4.69, 9.17) is 10.6 Å². The second kappa shape index (κ2) is 3.57. The van der Waals surface area contributed by atoms with Crippen molar-refractivity contribution in [1.82, 2.24) is 5.01 Å². The Morgan fingerprint density at radius 3 is 2.50 bits per heavy atom. The average molecular weight is 200 g/mol. The van der Waals surface area contributed by atoms with Crippen molar-refractivity contribution in [1.29, 1.82) is 0 Å². The number of hydrogen-bond acceptors (Lipinski definition) is 4. The molecule has 1 unspecified atom stereocenters. The van der Waals surface area contributed by atoms with Crippen LogP contribution in [-0.2, 0) is 14.3 Å². The molecule has 0 aromatic heterocycles. The van der Waals surface area contributed by atoms with E-state index in [9.17, 15) is 9.59 Å². The first kappa shape index (κ1) is 11.0. The smallest absolute Gasteiger partial charge is 0.311 e. The number of ether oxygens (including phenoxy) is 1. The summed E-state index contributed by atoms with van der Waals surface area (Å²) in [7, 11) is 0. The minimum Gasteiger partial charge on any atom is -0.460 e. The highest BCUT2D eigenvalue weighted by atomic mass is 16.6. The molecule has 1 atom stereocenters. The van der Waals surface area contributed by atoms with Gasteiger partial charge in [0.25, 0.3) is 0 Å². The number of amides is 1. The molecule has 1 heterocycles. The third-order valence-electron chi connectivity index (χ3n) is 1.90. The Morgan fingerprint density at radius 1 is 1.57 bits per heavy atom. The standard InChI is InChI=1S/C9H16N2O3/c1-9(2,3)14-8(13)6-4-7(12)11(10)5-6/h6H,4-5,10H2,1-3H3. The van der Waals surface area contributed by atoms with Crippen LogP contribution in [0, 0.1) is 5.92 Å². The predicted molar refractivity (Wildman–Crippen MR) is 49.9 cm³/mol. The molecule has 2 N–H and O–H groups in total. The maximum Gasteiger partial charge on any atom is 0.311 e. The van der Waals surface area contributed by atoms with E-state index in [1.54, 1.807) is 20.8 Å². The molecule has 1 aliphatic rings. The van der Waals surface area contributed by atoms with Crippen LogP contribution in [0.3, 0.4) is 0 Å². The molecule has 1 amide bonds. The van der Waals surface area contributed by atoms with Gasteiger partial charge in [0.2, 0.25) is 5.91 Å². The Balaban J connectivity index is 2.52. The Hall–Kier alpha value is -1.10. The summed E-state index contributed by atoms with van der Waals surface area (Å²) < 4.78 is 5.14. The lowest BCUT2D eigenvalue weighted by Gasteiger charge is -2.21. The first-order chi connectivity index (χ1) is 6.29. The average Bonchev–Trinajstić information content (AvgIpc) is 2.28. The van der Waals surface area contributed by atoms with Gasteiger partial charge in [-0.2, -0.15) is 0 Å². The van der Waals surface area contributed by atoms with Gasteiger partial charge in [0, 0.05) is 6.42 Å². The Bertz CT molecular complexity index is 257. The first-order valence-electron chi connectivity index (χ1n) is 4.57. The molecule has 0 aromatic carbocycles.